The number of aliphatic hydroxyl groups is 1. The number of aliphatic hydroxyl groups excluding tert-OH is 1. The highest BCUT2D eigenvalue weighted by Crippen LogP contribution is 2.42. The van der Waals surface area contributed by atoms with Crippen LogP contribution in [-0.4, -0.2) is 81.6 Å². The Kier molecular flexibility index (Phi) is 14.2. The zero-order chi connectivity index (χ0) is 37.8. The molecule has 1 aliphatic carbocycles. The van der Waals surface area contributed by atoms with E-state index in [2.05, 4.69) is 22.2 Å². The minimum absolute atomic E-state index is 0.0354. The summed E-state index contributed by atoms with van der Waals surface area (Å²) in [7, 11) is 2.15. The van der Waals surface area contributed by atoms with Gasteiger partial charge in [-0.25, -0.2) is 4.79 Å². The lowest BCUT2D eigenvalue weighted by molar-refractivity contribution is -0.170. The number of hydrogen-bond acceptors (Lipinski definition) is 11. The maximum absolute atomic E-state index is 12.7. The van der Waals surface area contributed by atoms with Crippen molar-refractivity contribution >= 4 is 46.0 Å². The van der Waals surface area contributed by atoms with Crippen LogP contribution in [0.1, 0.15) is 59.1 Å². The first-order valence-corrected chi connectivity index (χ1v) is 19.1. The number of hydrogen-bond donors (Lipinski definition) is 6. The Labute approximate surface area is 315 Å². The Balaban J connectivity index is 0.00000175. The number of fused-ring (bicyclic) bond motifs is 1. The number of H-pyrrole nitrogens is 1. The van der Waals surface area contributed by atoms with Gasteiger partial charge in [-0.3, -0.25) is 9.59 Å². The first kappa shape index (κ1) is 39.6. The van der Waals surface area contributed by atoms with Crippen molar-refractivity contribution in [1.29, 1.82) is 0 Å². The highest BCUT2D eigenvalue weighted by atomic mass is 32.1. The van der Waals surface area contributed by atoms with Gasteiger partial charge in [-0.15, -0.1) is 22.7 Å². The number of carbonyl (C=O) groups is 2. The van der Waals surface area contributed by atoms with E-state index >= 15 is 0 Å². The number of benzene rings is 2. The minimum Gasteiger partial charge on any atom is -0.506 e. The molecule has 1 fully saturated rings. The third-order valence-electron chi connectivity index (χ3n) is 9.43. The van der Waals surface area contributed by atoms with Gasteiger partial charge < -0.3 is 45.1 Å². The van der Waals surface area contributed by atoms with Gasteiger partial charge in [-0.2, -0.15) is 0 Å². The molecule has 1 saturated carbocycles. The van der Waals surface area contributed by atoms with Gasteiger partial charge >= 0.3 is 5.97 Å². The first-order chi connectivity index (χ1) is 25.7. The number of aromatic hydroxyl groups is 1. The van der Waals surface area contributed by atoms with Crippen molar-refractivity contribution in [2.45, 2.75) is 62.5 Å². The average molecular weight is 764 g/mol. The monoisotopic (exact) mass is 763 g/mol. The molecular weight excluding hydrogens is 719 g/mol. The number of rotatable bonds is 16. The summed E-state index contributed by atoms with van der Waals surface area (Å²) < 4.78 is 12.6. The second-order valence-electron chi connectivity index (χ2n) is 12.9. The van der Waals surface area contributed by atoms with E-state index < -0.39 is 17.7 Å². The number of pyridine rings is 1. The zero-order valence-electron chi connectivity index (χ0n) is 29.4. The van der Waals surface area contributed by atoms with Crippen LogP contribution in [-0.2, 0) is 26.5 Å². The lowest BCUT2D eigenvalue weighted by Crippen LogP contribution is -2.44. The molecule has 0 bridgehead atoms. The number of thiophene rings is 2. The smallest absolute Gasteiger partial charge is 0.347 e. The SMILES string of the molecule is CN(CCCOc1ccc(CNC[C@H](O)c2ccc(O)c3[nH]c(=O)ccc23)cc1)C1CCC(OC(C(=O)O)(c2cccs2)c2cccs2)CC1.O=CO. The number of carboxylic acids is 1. The van der Waals surface area contributed by atoms with Crippen LogP contribution in [0.5, 0.6) is 11.5 Å². The average Bonchev–Trinajstić information content (AvgIpc) is 3.90. The van der Waals surface area contributed by atoms with E-state index in [1.54, 1.807) is 12.1 Å². The molecule has 3 aromatic heterocycles. The van der Waals surface area contributed by atoms with E-state index in [4.69, 9.17) is 19.4 Å². The van der Waals surface area contributed by atoms with Crippen molar-refractivity contribution in [1.82, 2.24) is 15.2 Å². The lowest BCUT2D eigenvalue weighted by atomic mass is 9.90. The van der Waals surface area contributed by atoms with Gasteiger partial charge in [0, 0.05) is 37.1 Å². The Morgan fingerprint density at radius 2 is 1.68 bits per heavy atom. The zero-order valence-corrected chi connectivity index (χ0v) is 31.0. The van der Waals surface area contributed by atoms with Gasteiger partial charge in [0.1, 0.15) is 11.5 Å². The number of phenols is 1. The van der Waals surface area contributed by atoms with Gasteiger partial charge in [0.25, 0.3) is 6.47 Å². The molecule has 53 heavy (non-hydrogen) atoms. The van der Waals surface area contributed by atoms with E-state index in [-0.39, 0.29) is 23.9 Å². The molecule has 5 aromatic rings. The molecule has 1 aliphatic rings. The maximum Gasteiger partial charge on any atom is 0.347 e. The summed E-state index contributed by atoms with van der Waals surface area (Å²) in [5, 5.41) is 45.9. The summed E-state index contributed by atoms with van der Waals surface area (Å²) in [6.45, 7) is 2.10. The molecule has 14 heteroatoms. The number of nitrogens with zero attached hydrogens (tertiary/aromatic N) is 1. The van der Waals surface area contributed by atoms with Crippen molar-refractivity contribution in [2.24, 2.45) is 0 Å². The van der Waals surface area contributed by atoms with Gasteiger partial charge in [-0.05, 0) is 97.4 Å². The quantitative estimate of drug-likeness (QED) is 0.0517. The number of nitrogens with one attached hydrogen (secondary N) is 2. The Bertz CT molecular complexity index is 1910. The fourth-order valence-corrected chi connectivity index (χ4v) is 8.52. The van der Waals surface area contributed by atoms with Crippen LogP contribution in [0.2, 0.25) is 0 Å². The van der Waals surface area contributed by atoms with Crippen LogP contribution < -0.4 is 15.6 Å². The molecule has 6 rings (SSSR count). The molecule has 282 valence electrons. The van der Waals surface area contributed by atoms with Crippen molar-refractivity contribution in [2.75, 3.05) is 26.7 Å². The molecular formula is C39H45N3O9S2. The Morgan fingerprint density at radius 1 is 1.02 bits per heavy atom. The molecule has 0 unspecified atom stereocenters. The van der Waals surface area contributed by atoms with Crippen molar-refractivity contribution in [3.8, 4) is 11.5 Å². The summed E-state index contributed by atoms with van der Waals surface area (Å²) in [5.41, 5.74) is 0.212. The van der Waals surface area contributed by atoms with E-state index in [1.807, 2.05) is 59.3 Å². The Hall–Kier alpha value is -4.57. The molecule has 0 saturated heterocycles. The summed E-state index contributed by atoms with van der Waals surface area (Å²) >= 11 is 2.84. The molecule has 2 aromatic carbocycles. The predicted octanol–water partition coefficient (Wildman–Crippen LogP) is 5.94. The summed E-state index contributed by atoms with van der Waals surface area (Å²) in [6, 6.07) is 21.9. The van der Waals surface area contributed by atoms with Crippen molar-refractivity contribution < 1.29 is 39.5 Å². The number of phenolic OH excluding ortho intramolecular Hbond substituents is 1. The molecule has 6 N–H and O–H groups in total. The van der Waals surface area contributed by atoms with Crippen LogP contribution in [0.4, 0.5) is 0 Å². The van der Waals surface area contributed by atoms with Gasteiger partial charge in [0.2, 0.25) is 11.2 Å². The fraction of sp³-hybridized carbons (Fsp3) is 0.359. The summed E-state index contributed by atoms with van der Waals surface area (Å²) in [6.07, 6.45) is 3.46. The van der Waals surface area contributed by atoms with Crippen molar-refractivity contribution in [3.63, 3.8) is 0 Å². The number of ether oxygens (including phenoxy) is 2. The van der Waals surface area contributed by atoms with E-state index in [9.17, 15) is 24.9 Å². The molecule has 0 radical (unpaired) electrons. The van der Waals surface area contributed by atoms with Crippen LogP contribution in [0, 0.1) is 0 Å². The van der Waals surface area contributed by atoms with Gasteiger partial charge in [0.05, 0.1) is 34.1 Å². The highest BCUT2D eigenvalue weighted by molar-refractivity contribution is 7.12. The van der Waals surface area contributed by atoms with Gasteiger partial charge in [-0.1, -0.05) is 30.3 Å². The first-order valence-electron chi connectivity index (χ1n) is 17.4. The largest absolute Gasteiger partial charge is 0.506 e. The summed E-state index contributed by atoms with van der Waals surface area (Å²) in [4.78, 5) is 39.2. The lowest BCUT2D eigenvalue weighted by Gasteiger charge is -2.38. The number of aliphatic carboxylic acids is 1. The molecule has 3 heterocycles. The fourth-order valence-electron chi connectivity index (χ4n) is 6.71. The number of aromatic nitrogens is 1. The molecule has 0 aliphatic heterocycles. The molecule has 0 amide bonds. The third-order valence-corrected chi connectivity index (χ3v) is 11.4. The van der Waals surface area contributed by atoms with Gasteiger partial charge in [0.15, 0.2) is 0 Å². The van der Waals surface area contributed by atoms with Crippen LogP contribution in [0.3, 0.4) is 0 Å². The van der Waals surface area contributed by atoms with E-state index in [0.717, 1.165) is 50.0 Å². The normalized spacial score (nSPS) is 16.5. The number of carboxylic acid groups (broad SMARTS) is 2. The topological polar surface area (TPSA) is 182 Å². The standard InChI is InChI=1S/C38H43N3O7S2.CH2O2/c1-41(26-9-13-28(14-10-26)48-38(37(45)46,33-5-2-21-49-33)34-6-3-22-50-34)19-4-20-47-27-11-7-25(8-12-27)23-39-24-32(43)29-15-17-31(42)36-30(29)16-18-35(44)40-36;2-1-3/h2-3,5-8,11-12,15-18,21-22,26,28,32,39,42-43H,4,9-10,13-14,19-20,23-24H2,1H3,(H,40,44)(H,45,46);1H,(H,2,3)/t26?,28?,32-;/m0./s1. The van der Waals surface area contributed by atoms with E-state index in [1.165, 1.54) is 34.8 Å². The van der Waals surface area contributed by atoms with Crippen LogP contribution in [0.25, 0.3) is 10.9 Å². The second kappa shape index (κ2) is 19.0. The molecule has 1 atom stereocenters. The van der Waals surface area contributed by atoms with E-state index in [0.29, 0.717) is 52.0 Å². The van der Waals surface area contributed by atoms with Crippen LogP contribution >= 0.6 is 22.7 Å². The maximum atomic E-state index is 12.7. The predicted molar refractivity (Wildman–Crippen MR) is 205 cm³/mol. The third kappa shape index (κ3) is 9.90. The Morgan fingerprint density at radius 3 is 2.28 bits per heavy atom. The van der Waals surface area contributed by atoms with Crippen LogP contribution in [0.15, 0.2) is 88.4 Å². The second-order valence-corrected chi connectivity index (χ2v) is 14.7. The highest BCUT2D eigenvalue weighted by Gasteiger charge is 2.48. The minimum atomic E-state index is -1.46. The molecule has 0 spiro atoms. The number of aromatic amines is 1. The summed E-state index contributed by atoms with van der Waals surface area (Å²) in [5.74, 6) is -0.200. The van der Waals surface area contributed by atoms with Crippen molar-refractivity contribution in [3.05, 3.63) is 115 Å². The molecule has 12 nitrogen and oxygen atoms in total.